The molecule has 132 heavy (non-hydrogen) atoms. The summed E-state index contributed by atoms with van der Waals surface area (Å²) in [4.78, 5) is 254. The molecule has 7 rings (SSSR count). The number of rotatable bonds is 48. The average Bonchev–Trinajstić information content (AvgIpc) is 1.60. The Hall–Kier alpha value is -11.0. The number of amides is 11. The standard InChI is InChI=1S/C87H136N24O19S2/c1-5-6-21-64-80(122)106-68(81(123)104-66(85(127)128)41-55-19-9-7-10-20-55)52-132-131-51-67(105-77(119)57(40-54(2)3)44-71(113)62(23-15-31-95-86(88)89)100-83(125)70-26-18-36-111(70)84(126)65(24-16-32-96-87(90)91)103-76(118)56-28-29-61(112)43-56)72(114)45-58(42-59-46-94-53-98-59)78(120)101-63(79(121)97-47-74(116)110-35-17-25-69(110)82(124)102-64)22-12-14-30-93-34-37-108-38-39-109(48-60(108)49-130-75(117)50-129-4)73(115)27-11-8-13-33-99-107-92/h7,9-10,19-20,46,53-54,56-58,60,62-70,93H,5-6,8,11-18,21-45,47-52H2,1-4H3,(H,94,98)(H,97,121)(H,100,125)(H,101,120)(H,102,124)(H,103,118)(H,104,123)(H,105,119)(H,106,122)(H,127,128)(H4,88,89,95)(H4,90,91,96)/t56-,57-,58-,60?,62+,63+,64+,65+,66+,67+,68+,69+,70+/m1/s1. The second-order valence-corrected chi connectivity index (χ2v) is 37.1. The van der Waals surface area contributed by atoms with Crippen molar-refractivity contribution in [2.45, 2.75) is 248 Å². The molecule has 1 saturated carbocycles. The van der Waals surface area contributed by atoms with E-state index >= 15 is 19.2 Å². The number of esters is 1. The summed E-state index contributed by atoms with van der Waals surface area (Å²) in [5.74, 6) is -15.3. The molecule has 4 aliphatic heterocycles. The number of ketones is 3. The van der Waals surface area contributed by atoms with Crippen LogP contribution in [0.3, 0.4) is 0 Å². The Labute approximate surface area is 777 Å². The molecule has 0 radical (unpaired) electrons. The number of guanidine groups is 2. The van der Waals surface area contributed by atoms with Crippen LogP contribution in [0.1, 0.15) is 186 Å². The summed E-state index contributed by atoms with van der Waals surface area (Å²) in [5, 5.41) is 39.8. The van der Waals surface area contributed by atoms with E-state index in [1.54, 1.807) is 49.1 Å². The number of fused-ring (bicyclic) bond motifs is 1. The molecule has 43 nitrogen and oxygen atoms in total. The number of carboxylic acid groups (broad SMARTS) is 1. The minimum Gasteiger partial charge on any atom is -0.480 e. The molecule has 1 aliphatic carbocycles. The van der Waals surface area contributed by atoms with E-state index in [4.69, 9.17) is 37.9 Å². The first-order valence-electron chi connectivity index (χ1n) is 45.9. The van der Waals surface area contributed by atoms with Gasteiger partial charge in [0.1, 0.15) is 61.3 Å². The molecule has 5 fully saturated rings. The summed E-state index contributed by atoms with van der Waals surface area (Å²) in [6, 6.07) is -3.84. The molecule has 4 saturated heterocycles. The molecule has 0 bridgehead atoms. The van der Waals surface area contributed by atoms with Gasteiger partial charge in [-0.2, -0.15) is 0 Å². The van der Waals surface area contributed by atoms with Gasteiger partial charge < -0.3 is 105 Å². The molecule has 5 heterocycles. The van der Waals surface area contributed by atoms with Crippen molar-refractivity contribution < 1.29 is 91.3 Å². The van der Waals surface area contributed by atoms with Crippen LogP contribution in [0.2, 0.25) is 0 Å². The zero-order valence-corrected chi connectivity index (χ0v) is 77.8. The van der Waals surface area contributed by atoms with Crippen LogP contribution in [0.5, 0.6) is 0 Å². The first-order chi connectivity index (χ1) is 63.4. The number of imidazole rings is 1. The Bertz CT molecular complexity index is 4270. The largest absolute Gasteiger partial charge is 0.480 e. The molecule has 1 aromatic carbocycles. The number of ether oxygens (including phenoxy) is 2. The van der Waals surface area contributed by atoms with Gasteiger partial charge in [0.25, 0.3) is 0 Å². The van der Waals surface area contributed by atoms with E-state index in [1.807, 2.05) is 6.92 Å². The van der Waals surface area contributed by atoms with Crippen molar-refractivity contribution in [3.63, 3.8) is 0 Å². The number of nitrogens with one attached hydrogen (secondary N) is 10. The Balaban J connectivity index is 1.19. The second-order valence-electron chi connectivity index (χ2n) is 34.5. The maximum absolute atomic E-state index is 15.7. The van der Waals surface area contributed by atoms with Gasteiger partial charge in [-0.1, -0.05) is 97.1 Å². The van der Waals surface area contributed by atoms with E-state index in [2.05, 4.69) is 82.7 Å². The number of carbonyl (C=O) groups is 16. The first kappa shape index (κ1) is 108. The normalized spacial score (nSPS) is 21.9. The number of benzene rings is 1. The number of carbonyl (C=O) groups excluding carboxylic acids is 15. The number of hydrogen-bond acceptors (Lipinski definition) is 26. The number of aliphatic carboxylic acids is 1. The summed E-state index contributed by atoms with van der Waals surface area (Å²) in [7, 11) is 3.30. The number of methoxy groups -OCH3 is 1. The zero-order chi connectivity index (χ0) is 96.0. The summed E-state index contributed by atoms with van der Waals surface area (Å²) >= 11 is 0. The van der Waals surface area contributed by atoms with E-state index < -0.39 is 174 Å². The van der Waals surface area contributed by atoms with Gasteiger partial charge in [-0.3, -0.25) is 82.0 Å². The van der Waals surface area contributed by atoms with Gasteiger partial charge in [-0.05, 0) is 126 Å². The van der Waals surface area contributed by atoms with E-state index in [9.17, 15) is 62.6 Å². The molecular formula is C87H136N24O19S2. The smallest absolute Gasteiger partial charge is 0.332 e. The van der Waals surface area contributed by atoms with Crippen LogP contribution in [0.4, 0.5) is 0 Å². The summed E-state index contributed by atoms with van der Waals surface area (Å²) in [5.41, 5.74) is 32.2. The van der Waals surface area contributed by atoms with Gasteiger partial charge in [0, 0.05) is 158 Å². The third-order valence-electron chi connectivity index (χ3n) is 23.8. The number of likely N-dealkylation sites (tertiary alicyclic amines) is 1. The van der Waals surface area contributed by atoms with Crippen LogP contribution >= 0.6 is 21.6 Å². The lowest BCUT2D eigenvalue weighted by Crippen LogP contribution is -2.58. The first-order valence-corrected chi connectivity index (χ1v) is 48.4. The number of hydrogen-bond donors (Lipinski definition) is 15. The van der Waals surface area contributed by atoms with Crippen molar-refractivity contribution in [3.05, 3.63) is 64.6 Å². The predicted molar refractivity (Wildman–Crippen MR) is 492 cm³/mol. The average molecular weight is 1890 g/mol. The number of nitrogens with two attached hydrogens (primary N) is 4. The topological polar surface area (TPSA) is 639 Å². The monoisotopic (exact) mass is 1880 g/mol. The third-order valence-corrected chi connectivity index (χ3v) is 26.2. The summed E-state index contributed by atoms with van der Waals surface area (Å²) in [6.07, 6.45) is 7.32. The van der Waals surface area contributed by atoms with Gasteiger partial charge in [0.05, 0.1) is 36.9 Å². The molecule has 45 heteroatoms. The highest BCUT2D eigenvalue weighted by atomic mass is 33.1. The highest BCUT2D eigenvalue weighted by molar-refractivity contribution is 8.76. The summed E-state index contributed by atoms with van der Waals surface area (Å²) < 4.78 is 10.5. The Morgan fingerprint density at radius 1 is 0.727 bits per heavy atom. The maximum atomic E-state index is 15.7. The second kappa shape index (κ2) is 58.1. The number of piperazine rings is 1. The predicted octanol–water partition coefficient (Wildman–Crippen LogP) is 0.363. The molecule has 2 aromatic rings. The summed E-state index contributed by atoms with van der Waals surface area (Å²) in [6.45, 7) is 7.80. The fraction of sp³-hybridized carbons (Fsp3) is 0.690. The lowest BCUT2D eigenvalue weighted by molar-refractivity contribution is -0.151. The fourth-order valence-corrected chi connectivity index (χ4v) is 19.0. The molecule has 11 amide bonds. The molecule has 1 aromatic heterocycles. The number of H-pyrrole nitrogens is 1. The Kier molecular flexibility index (Phi) is 47.5. The SMILES string of the molecule is CCCC[C@@H]1NC(=O)[C@@H]2CCCN2C(=O)CNC(=O)[C@H](CCCCNCCN2CCN(C(=O)CCCCCN=[N+]=[N-])CC2COC(=O)COC)NC(=O)[C@H](Cc2cnc[nH]2)CC(=O)[C@@H](NC(=O)[C@@H](CC(=O)[C@H](CCCN=C(N)N)NC(=O)[C@@H]2CCCN2C(=O)[C@H](CCCN=C(N)N)NC(=O)[C@@H]2CCC(=O)C2)CC(C)C)CSSC[C@@H](C(=O)N[C@@H](Cc2ccccc2)C(=O)O)NC1=O. The number of aromatic nitrogens is 2. The molecule has 730 valence electrons. The van der Waals surface area contributed by atoms with Gasteiger partial charge >= 0.3 is 11.9 Å². The molecule has 5 aliphatic rings. The van der Waals surface area contributed by atoms with Crippen LogP contribution < -0.4 is 70.8 Å². The Morgan fingerprint density at radius 2 is 1.42 bits per heavy atom. The van der Waals surface area contributed by atoms with Crippen LogP contribution in [-0.4, -0.2) is 312 Å². The lowest BCUT2D eigenvalue weighted by atomic mass is 9.88. The number of aliphatic imine (C=N–C) groups is 2. The molecular weight excluding hydrogens is 1750 g/mol. The highest BCUT2D eigenvalue weighted by Crippen LogP contribution is 2.30. The molecule has 0 spiro atoms. The van der Waals surface area contributed by atoms with Crippen molar-refractivity contribution in [2.24, 2.45) is 61.7 Å². The van der Waals surface area contributed by atoms with Crippen molar-refractivity contribution in [3.8, 4) is 0 Å². The van der Waals surface area contributed by atoms with Crippen LogP contribution in [0.25, 0.3) is 10.4 Å². The van der Waals surface area contributed by atoms with Crippen molar-refractivity contribution in [1.29, 1.82) is 0 Å². The van der Waals surface area contributed by atoms with Crippen molar-refractivity contribution >= 4 is 128 Å². The van der Waals surface area contributed by atoms with Crippen molar-refractivity contribution in [2.75, 3.05) is 110 Å². The molecule has 19 N–H and O–H groups in total. The number of carboxylic acids is 1. The van der Waals surface area contributed by atoms with E-state index in [-0.39, 0.29) is 170 Å². The van der Waals surface area contributed by atoms with Crippen LogP contribution in [0, 0.1) is 23.7 Å². The number of azide groups is 1. The third kappa shape index (κ3) is 37.6. The molecule has 13 atom stereocenters. The highest BCUT2D eigenvalue weighted by Gasteiger charge is 2.43. The fourth-order valence-electron chi connectivity index (χ4n) is 16.7. The van der Waals surface area contributed by atoms with Crippen LogP contribution in [0.15, 0.2) is 58.0 Å². The maximum Gasteiger partial charge on any atom is 0.332 e. The van der Waals surface area contributed by atoms with Crippen LogP contribution in [-0.2, 0) is 99.0 Å². The van der Waals surface area contributed by atoms with Gasteiger partial charge in [-0.25, -0.2) is 14.6 Å². The van der Waals surface area contributed by atoms with E-state index in [1.165, 1.54) is 29.4 Å². The van der Waals surface area contributed by atoms with Gasteiger partial charge in [0.15, 0.2) is 23.5 Å². The number of Topliss-reactive ketones (excluding diaryl/α,β-unsaturated/α-hetero) is 3. The zero-order valence-electron chi connectivity index (χ0n) is 76.2. The van der Waals surface area contributed by atoms with Gasteiger partial charge in [0.2, 0.25) is 65.0 Å². The van der Waals surface area contributed by atoms with E-state index in [0.717, 1.165) is 21.6 Å². The number of nitrogens with zero attached hydrogens (tertiary/aromatic N) is 10. The number of aromatic amines is 1. The van der Waals surface area contributed by atoms with E-state index in [0.29, 0.717) is 128 Å². The quantitative estimate of drug-likeness (QED) is 0.00622. The number of unbranched alkanes of at least 4 members (excludes halogenated alkanes) is 4. The molecule has 1 unspecified atom stereocenters. The Morgan fingerprint density at radius 3 is 2.11 bits per heavy atom. The lowest BCUT2D eigenvalue weighted by Gasteiger charge is -2.41. The van der Waals surface area contributed by atoms with Gasteiger partial charge in [-0.15, -0.1) is 0 Å². The van der Waals surface area contributed by atoms with Crippen molar-refractivity contribution in [1.82, 2.24) is 77.4 Å². The minimum absolute atomic E-state index is 0.000268. The minimum atomic E-state index is -1.54.